The first-order valence-electron chi connectivity index (χ1n) is 8.69. The van der Waals surface area contributed by atoms with Crippen molar-refractivity contribution in [2.24, 2.45) is 0 Å². The van der Waals surface area contributed by atoms with E-state index in [-0.39, 0.29) is 11.8 Å². The number of nitrogens with zero attached hydrogens (tertiary/aromatic N) is 3. The molecular weight excluding hydrogens is 390 g/mol. The third kappa shape index (κ3) is 2.97. The minimum Gasteiger partial charge on any atom is -0.323 e. The number of imidazole rings is 1. The van der Waals surface area contributed by atoms with Gasteiger partial charge in [-0.1, -0.05) is 52.8 Å². The van der Waals surface area contributed by atoms with Crippen molar-refractivity contribution in [3.63, 3.8) is 0 Å². The van der Waals surface area contributed by atoms with Crippen LogP contribution >= 0.6 is 15.9 Å². The van der Waals surface area contributed by atoms with Crippen LogP contribution in [0.15, 0.2) is 59.6 Å². The van der Waals surface area contributed by atoms with Crippen molar-refractivity contribution in [2.75, 3.05) is 11.4 Å². The number of anilines is 1. The van der Waals surface area contributed by atoms with E-state index in [2.05, 4.69) is 33.1 Å². The number of amides is 1. The van der Waals surface area contributed by atoms with Gasteiger partial charge in [-0.3, -0.25) is 4.79 Å². The maximum Gasteiger partial charge on any atom is 0.227 e. The second-order valence-electron chi connectivity index (χ2n) is 6.75. The van der Waals surface area contributed by atoms with Gasteiger partial charge in [-0.25, -0.2) is 4.98 Å². The van der Waals surface area contributed by atoms with Crippen molar-refractivity contribution in [3.05, 3.63) is 71.0 Å². The highest BCUT2D eigenvalue weighted by Gasteiger charge is 2.35. The van der Waals surface area contributed by atoms with Gasteiger partial charge in [0.2, 0.25) is 5.91 Å². The number of aryl methyl sites for hydroxylation is 1. The number of benzene rings is 2. The van der Waals surface area contributed by atoms with Gasteiger partial charge in [-0.15, -0.1) is 0 Å². The van der Waals surface area contributed by atoms with Crippen LogP contribution in [0.5, 0.6) is 0 Å². The highest BCUT2D eigenvalue weighted by Crippen LogP contribution is 2.34. The third-order valence-corrected chi connectivity index (χ3v) is 5.16. The summed E-state index contributed by atoms with van der Waals surface area (Å²) in [5.74, 6) is 1.18. The van der Waals surface area contributed by atoms with E-state index in [1.165, 1.54) is 0 Å². The van der Waals surface area contributed by atoms with Crippen molar-refractivity contribution in [1.29, 1.82) is 0 Å². The highest BCUT2D eigenvalue weighted by atomic mass is 79.9. The molecule has 0 bridgehead atoms. The summed E-state index contributed by atoms with van der Waals surface area (Å²) >= 11 is 3.47. The standard InChI is InChI=1S/C21H20BrN3O/c1-14-7-3-5-9-18(14)24-13-16(11-20(24)26)21-23-17-8-4-6-10-19(17)25(21)12-15(2)22/h3-10,16H,2,11-13H2,1H3/t16-/m0/s1. The molecule has 0 N–H and O–H groups in total. The summed E-state index contributed by atoms with van der Waals surface area (Å²) in [6.45, 7) is 7.32. The Bertz CT molecular complexity index is 1010. The first-order chi connectivity index (χ1) is 12.5. The zero-order valence-corrected chi connectivity index (χ0v) is 16.2. The smallest absolute Gasteiger partial charge is 0.227 e. The van der Waals surface area contributed by atoms with Crippen molar-refractivity contribution >= 4 is 38.6 Å². The van der Waals surface area contributed by atoms with Gasteiger partial charge < -0.3 is 9.47 Å². The number of carbonyl (C=O) groups is 1. The van der Waals surface area contributed by atoms with Crippen molar-refractivity contribution in [3.8, 4) is 0 Å². The Kier molecular flexibility index (Phi) is 4.41. The molecule has 0 spiro atoms. The molecule has 4 nitrogen and oxygen atoms in total. The highest BCUT2D eigenvalue weighted by molar-refractivity contribution is 9.11. The summed E-state index contributed by atoms with van der Waals surface area (Å²) in [5, 5.41) is 0. The predicted molar refractivity (Wildman–Crippen MR) is 109 cm³/mol. The van der Waals surface area contributed by atoms with E-state index >= 15 is 0 Å². The summed E-state index contributed by atoms with van der Waals surface area (Å²) in [7, 11) is 0. The zero-order valence-electron chi connectivity index (χ0n) is 14.7. The van der Waals surface area contributed by atoms with Gasteiger partial charge in [-0.2, -0.15) is 0 Å². The molecule has 0 saturated carbocycles. The minimum absolute atomic E-state index is 0.0707. The van der Waals surface area contributed by atoms with Crippen LogP contribution in [0.4, 0.5) is 5.69 Å². The number of carbonyl (C=O) groups excluding carboxylic acids is 1. The van der Waals surface area contributed by atoms with E-state index in [9.17, 15) is 4.79 Å². The van der Waals surface area contributed by atoms with Crippen LogP contribution in [0.2, 0.25) is 0 Å². The molecule has 1 atom stereocenters. The van der Waals surface area contributed by atoms with Gasteiger partial charge in [0, 0.05) is 29.1 Å². The van der Waals surface area contributed by atoms with Crippen LogP contribution in [0.25, 0.3) is 11.0 Å². The predicted octanol–water partition coefficient (Wildman–Crippen LogP) is 4.77. The molecular formula is C21H20BrN3O. The molecule has 1 amide bonds. The largest absolute Gasteiger partial charge is 0.323 e. The average Bonchev–Trinajstić information content (AvgIpc) is 3.16. The summed E-state index contributed by atoms with van der Waals surface area (Å²) in [6, 6.07) is 16.1. The van der Waals surface area contributed by atoms with E-state index in [0.717, 1.165) is 32.6 Å². The quantitative estimate of drug-likeness (QED) is 0.621. The second-order valence-corrected chi connectivity index (χ2v) is 7.88. The molecule has 5 heteroatoms. The Labute approximate surface area is 161 Å². The number of rotatable bonds is 4. The molecule has 1 fully saturated rings. The van der Waals surface area contributed by atoms with Crippen LogP contribution in [-0.4, -0.2) is 22.0 Å². The lowest BCUT2D eigenvalue weighted by Gasteiger charge is -2.19. The maximum atomic E-state index is 12.7. The third-order valence-electron chi connectivity index (χ3n) is 4.91. The van der Waals surface area contributed by atoms with Crippen LogP contribution in [0.3, 0.4) is 0 Å². The van der Waals surface area contributed by atoms with Crippen molar-refractivity contribution < 1.29 is 4.79 Å². The summed E-state index contributed by atoms with van der Waals surface area (Å²) in [4.78, 5) is 19.5. The fourth-order valence-corrected chi connectivity index (χ4v) is 3.97. The van der Waals surface area contributed by atoms with E-state index < -0.39 is 0 Å². The van der Waals surface area contributed by atoms with Crippen molar-refractivity contribution in [1.82, 2.24) is 9.55 Å². The Morgan fingerprint density at radius 2 is 1.96 bits per heavy atom. The van der Waals surface area contributed by atoms with E-state index in [4.69, 9.17) is 4.98 Å². The fourth-order valence-electron chi connectivity index (χ4n) is 3.72. The van der Waals surface area contributed by atoms with E-state index in [0.29, 0.717) is 19.5 Å². The van der Waals surface area contributed by atoms with Crippen molar-refractivity contribution in [2.45, 2.75) is 25.8 Å². The molecule has 0 aliphatic carbocycles. The van der Waals surface area contributed by atoms with Gasteiger partial charge in [0.25, 0.3) is 0 Å². The molecule has 132 valence electrons. The molecule has 1 aliphatic heterocycles. The number of halogens is 1. The molecule has 0 unspecified atom stereocenters. The summed E-state index contributed by atoms with van der Waals surface area (Å²) in [6.07, 6.45) is 0.479. The van der Waals surface area contributed by atoms with Crippen LogP contribution in [0.1, 0.15) is 23.7 Å². The number of aromatic nitrogens is 2. The normalized spacial score (nSPS) is 17.2. The minimum atomic E-state index is 0.0707. The summed E-state index contributed by atoms with van der Waals surface area (Å²) in [5.41, 5.74) is 4.14. The SMILES string of the molecule is C=C(Br)Cn1c([C@H]2CC(=O)N(c3ccccc3C)C2)nc2ccccc21. The Morgan fingerprint density at radius 3 is 2.73 bits per heavy atom. The number of para-hydroxylation sites is 3. The molecule has 2 aromatic carbocycles. The number of hydrogen-bond acceptors (Lipinski definition) is 2. The van der Waals surface area contributed by atoms with Gasteiger partial charge in [-0.05, 0) is 30.7 Å². The Morgan fingerprint density at radius 1 is 1.23 bits per heavy atom. The first kappa shape index (κ1) is 17.0. The Hall–Kier alpha value is -2.40. The topological polar surface area (TPSA) is 38.1 Å². The van der Waals surface area contributed by atoms with Gasteiger partial charge >= 0.3 is 0 Å². The van der Waals surface area contributed by atoms with E-state index in [1.54, 1.807) is 0 Å². The van der Waals surface area contributed by atoms with Gasteiger partial charge in [0.15, 0.2) is 0 Å². The molecule has 4 rings (SSSR count). The second kappa shape index (κ2) is 6.72. The van der Waals surface area contributed by atoms with Gasteiger partial charge in [0.05, 0.1) is 17.6 Å². The number of hydrogen-bond donors (Lipinski definition) is 0. The van der Waals surface area contributed by atoms with Crippen LogP contribution in [0, 0.1) is 6.92 Å². The maximum absolute atomic E-state index is 12.7. The molecule has 1 aromatic heterocycles. The lowest BCUT2D eigenvalue weighted by molar-refractivity contribution is -0.117. The molecule has 3 aromatic rings. The Balaban J connectivity index is 1.73. The summed E-state index contributed by atoms with van der Waals surface area (Å²) < 4.78 is 3.06. The fraction of sp³-hybridized carbons (Fsp3) is 0.238. The van der Waals surface area contributed by atoms with Crippen LogP contribution < -0.4 is 4.90 Å². The molecule has 26 heavy (non-hydrogen) atoms. The zero-order chi connectivity index (χ0) is 18.3. The van der Waals surface area contributed by atoms with E-state index in [1.807, 2.05) is 54.3 Å². The lowest BCUT2D eigenvalue weighted by atomic mass is 10.1. The number of fused-ring (bicyclic) bond motifs is 1. The molecule has 1 saturated heterocycles. The number of allylic oxidation sites excluding steroid dienone is 1. The first-order valence-corrected chi connectivity index (χ1v) is 9.48. The molecule has 1 aliphatic rings. The average molecular weight is 410 g/mol. The molecule has 0 radical (unpaired) electrons. The molecule has 2 heterocycles. The lowest BCUT2D eigenvalue weighted by Crippen LogP contribution is -2.25. The van der Waals surface area contributed by atoms with Gasteiger partial charge in [0.1, 0.15) is 5.82 Å². The monoisotopic (exact) mass is 409 g/mol. The van der Waals surface area contributed by atoms with Crippen LogP contribution in [-0.2, 0) is 11.3 Å².